The van der Waals surface area contributed by atoms with Gasteiger partial charge >= 0.3 is 0 Å². The number of aryl methyl sites for hydroxylation is 1. The van der Waals surface area contributed by atoms with Crippen LogP contribution in [0.5, 0.6) is 0 Å². The van der Waals surface area contributed by atoms with E-state index in [1.165, 1.54) is 50.6 Å². The van der Waals surface area contributed by atoms with E-state index in [0.29, 0.717) is 0 Å². The SMILES string of the molecule is CCCC[C@H]1[C@@H]2[C@H]3CCN2[C@H](C3)C[C@@H]1c1ccc(C)cc1. The van der Waals surface area contributed by atoms with Gasteiger partial charge in [-0.1, -0.05) is 49.6 Å². The Morgan fingerprint density at radius 3 is 2.71 bits per heavy atom. The second-order valence-corrected chi connectivity index (χ2v) is 7.73. The molecule has 0 saturated carbocycles. The summed E-state index contributed by atoms with van der Waals surface area (Å²) in [7, 11) is 0. The largest absolute Gasteiger partial charge is 0.297 e. The van der Waals surface area contributed by atoms with E-state index in [2.05, 4.69) is 43.0 Å². The van der Waals surface area contributed by atoms with Crippen LogP contribution in [-0.4, -0.2) is 23.5 Å². The predicted octanol–water partition coefficient (Wildman–Crippen LogP) is 4.75. The molecule has 3 aliphatic rings. The van der Waals surface area contributed by atoms with E-state index in [9.17, 15) is 0 Å². The van der Waals surface area contributed by atoms with Crippen LogP contribution in [0, 0.1) is 18.8 Å². The maximum atomic E-state index is 2.90. The number of piperidine rings is 2. The van der Waals surface area contributed by atoms with E-state index in [1.54, 1.807) is 5.56 Å². The van der Waals surface area contributed by atoms with Crippen molar-refractivity contribution in [3.05, 3.63) is 35.4 Å². The van der Waals surface area contributed by atoms with Gasteiger partial charge in [0.25, 0.3) is 0 Å². The van der Waals surface area contributed by atoms with Crippen LogP contribution in [0.15, 0.2) is 24.3 Å². The molecular weight excluding hydrogens is 254 g/mol. The fourth-order valence-corrected chi connectivity index (χ4v) is 5.62. The van der Waals surface area contributed by atoms with Gasteiger partial charge in [-0.15, -0.1) is 0 Å². The lowest BCUT2D eigenvalue weighted by Gasteiger charge is -2.43. The first-order valence-corrected chi connectivity index (χ1v) is 9.10. The third kappa shape index (κ3) is 2.25. The Morgan fingerprint density at radius 1 is 1.14 bits per heavy atom. The summed E-state index contributed by atoms with van der Waals surface area (Å²) in [6, 6.07) is 11.3. The third-order valence-corrected chi connectivity index (χ3v) is 6.55. The number of unbranched alkanes of at least 4 members (excludes halogenated alkanes) is 1. The van der Waals surface area contributed by atoms with E-state index in [4.69, 9.17) is 0 Å². The normalized spacial score (nSPS) is 40.7. The summed E-state index contributed by atoms with van der Waals surface area (Å²) in [6.07, 6.45) is 8.59. The smallest absolute Gasteiger partial charge is 0.0162 e. The van der Waals surface area contributed by atoms with Gasteiger partial charge in [-0.3, -0.25) is 4.90 Å². The Kier molecular flexibility index (Phi) is 3.57. The van der Waals surface area contributed by atoms with Crippen molar-refractivity contribution >= 4 is 0 Å². The summed E-state index contributed by atoms with van der Waals surface area (Å²) < 4.78 is 0. The molecule has 6 atom stereocenters. The standard InChI is InChI=1S/C20H29N/c1-3-4-5-18-19(15-8-6-14(2)7-9-15)13-17-12-16-10-11-21(17)20(16)18/h6-9,16-20H,3-5,10-13H2,1-2H3/t16-,17+,18+,19+,20-/m0/s1. The van der Waals surface area contributed by atoms with Crippen molar-refractivity contribution < 1.29 is 0 Å². The van der Waals surface area contributed by atoms with Gasteiger partial charge in [0, 0.05) is 12.1 Å². The Hall–Kier alpha value is -0.820. The molecule has 4 bridgehead atoms. The highest BCUT2D eigenvalue weighted by molar-refractivity contribution is 5.28. The van der Waals surface area contributed by atoms with E-state index in [1.807, 2.05) is 0 Å². The van der Waals surface area contributed by atoms with E-state index in [0.717, 1.165) is 29.8 Å². The van der Waals surface area contributed by atoms with Crippen molar-refractivity contribution in [1.82, 2.24) is 4.90 Å². The molecule has 3 saturated heterocycles. The molecule has 21 heavy (non-hydrogen) atoms. The van der Waals surface area contributed by atoms with E-state index in [-0.39, 0.29) is 0 Å². The van der Waals surface area contributed by atoms with Gasteiger partial charge in [0.2, 0.25) is 0 Å². The Bertz CT molecular complexity index is 491. The number of nitrogens with zero attached hydrogens (tertiary/aromatic N) is 1. The average molecular weight is 283 g/mol. The predicted molar refractivity (Wildman–Crippen MR) is 88.6 cm³/mol. The van der Waals surface area contributed by atoms with Crippen LogP contribution >= 0.6 is 0 Å². The van der Waals surface area contributed by atoms with E-state index >= 15 is 0 Å². The van der Waals surface area contributed by atoms with Gasteiger partial charge in [0.05, 0.1) is 0 Å². The Morgan fingerprint density at radius 2 is 1.95 bits per heavy atom. The van der Waals surface area contributed by atoms with Crippen LogP contribution in [0.2, 0.25) is 0 Å². The Balaban J connectivity index is 1.63. The molecule has 114 valence electrons. The topological polar surface area (TPSA) is 3.24 Å². The molecule has 1 aromatic rings. The van der Waals surface area contributed by atoms with E-state index < -0.39 is 0 Å². The van der Waals surface area contributed by atoms with Crippen LogP contribution in [0.4, 0.5) is 0 Å². The number of benzene rings is 1. The number of hydrogen-bond acceptors (Lipinski definition) is 1. The zero-order valence-electron chi connectivity index (χ0n) is 13.6. The minimum Gasteiger partial charge on any atom is -0.297 e. The van der Waals surface area contributed by atoms with Gasteiger partial charge in [-0.2, -0.15) is 0 Å². The number of rotatable bonds is 4. The maximum Gasteiger partial charge on any atom is 0.0162 e. The monoisotopic (exact) mass is 283 g/mol. The minimum atomic E-state index is 0.825. The molecule has 3 fully saturated rings. The van der Waals surface area contributed by atoms with Crippen molar-refractivity contribution in [1.29, 1.82) is 0 Å². The van der Waals surface area contributed by atoms with Crippen molar-refractivity contribution in [2.45, 2.75) is 70.4 Å². The first-order chi connectivity index (χ1) is 10.3. The second kappa shape index (κ2) is 5.43. The summed E-state index contributed by atoms with van der Waals surface area (Å²) in [5.74, 6) is 2.76. The zero-order chi connectivity index (χ0) is 14.4. The average Bonchev–Trinajstić information content (AvgIpc) is 3.02. The fraction of sp³-hybridized carbons (Fsp3) is 0.700. The first-order valence-electron chi connectivity index (χ1n) is 9.10. The molecule has 4 rings (SSSR count). The fourth-order valence-electron chi connectivity index (χ4n) is 5.62. The summed E-state index contributed by atoms with van der Waals surface area (Å²) in [5.41, 5.74) is 3.02. The first kappa shape index (κ1) is 13.8. The molecular formula is C20H29N. The van der Waals surface area contributed by atoms with Crippen LogP contribution in [0.25, 0.3) is 0 Å². The van der Waals surface area contributed by atoms with Crippen LogP contribution < -0.4 is 0 Å². The summed E-state index contributed by atoms with van der Waals surface area (Å²) in [4.78, 5) is 2.90. The highest BCUT2D eigenvalue weighted by atomic mass is 15.3. The maximum absolute atomic E-state index is 2.90. The molecule has 0 amide bonds. The molecule has 3 aliphatic heterocycles. The lowest BCUT2D eigenvalue weighted by molar-refractivity contribution is 0.0885. The summed E-state index contributed by atoms with van der Waals surface area (Å²) in [6.45, 7) is 5.94. The Labute approximate surface area is 129 Å². The molecule has 1 aromatic carbocycles. The molecule has 1 unspecified atom stereocenters. The zero-order valence-corrected chi connectivity index (χ0v) is 13.6. The van der Waals surface area contributed by atoms with Crippen molar-refractivity contribution in [3.63, 3.8) is 0 Å². The van der Waals surface area contributed by atoms with Crippen LogP contribution in [0.3, 0.4) is 0 Å². The highest BCUT2D eigenvalue weighted by Crippen LogP contribution is 2.54. The lowest BCUT2D eigenvalue weighted by Crippen LogP contribution is -2.46. The molecule has 0 aromatic heterocycles. The quantitative estimate of drug-likeness (QED) is 0.770. The van der Waals surface area contributed by atoms with Gasteiger partial charge in [0.15, 0.2) is 0 Å². The third-order valence-electron chi connectivity index (χ3n) is 6.55. The molecule has 3 heterocycles. The van der Waals surface area contributed by atoms with Gasteiger partial charge in [-0.25, -0.2) is 0 Å². The van der Waals surface area contributed by atoms with Crippen molar-refractivity contribution in [2.24, 2.45) is 11.8 Å². The molecule has 0 aliphatic carbocycles. The molecule has 1 heteroatoms. The number of hydrogen-bond donors (Lipinski definition) is 0. The molecule has 0 radical (unpaired) electrons. The van der Waals surface area contributed by atoms with Crippen molar-refractivity contribution in [2.75, 3.05) is 6.54 Å². The summed E-state index contributed by atoms with van der Waals surface area (Å²) in [5, 5.41) is 0. The van der Waals surface area contributed by atoms with Crippen LogP contribution in [0.1, 0.15) is 62.5 Å². The van der Waals surface area contributed by atoms with Gasteiger partial charge in [0.1, 0.15) is 0 Å². The van der Waals surface area contributed by atoms with Gasteiger partial charge < -0.3 is 0 Å². The van der Waals surface area contributed by atoms with Gasteiger partial charge in [-0.05, 0) is 62.5 Å². The molecule has 0 N–H and O–H groups in total. The molecule has 0 spiro atoms. The molecule has 1 nitrogen and oxygen atoms in total. The second-order valence-electron chi connectivity index (χ2n) is 7.73. The highest BCUT2D eigenvalue weighted by Gasteiger charge is 2.54. The van der Waals surface area contributed by atoms with Crippen LogP contribution in [-0.2, 0) is 0 Å². The minimum absolute atomic E-state index is 0.825. The summed E-state index contributed by atoms with van der Waals surface area (Å²) >= 11 is 0. The lowest BCUT2D eigenvalue weighted by atomic mass is 9.73. The van der Waals surface area contributed by atoms with Crippen molar-refractivity contribution in [3.8, 4) is 0 Å².